The summed E-state index contributed by atoms with van der Waals surface area (Å²) in [6, 6.07) is 4.57. The first-order valence-electron chi connectivity index (χ1n) is 9.92. The van der Waals surface area contributed by atoms with E-state index in [2.05, 4.69) is 59.0 Å². The quantitative estimate of drug-likeness (QED) is 0.558. The van der Waals surface area contributed by atoms with Crippen molar-refractivity contribution in [2.24, 2.45) is 4.99 Å². The number of carbonyl (C=O) groups excluding carboxylic acids is 1. The number of guanidine groups is 1. The Labute approximate surface area is 173 Å². The van der Waals surface area contributed by atoms with E-state index >= 15 is 0 Å². The number of hydrogen-bond acceptors (Lipinski definition) is 5. The Morgan fingerprint density at radius 2 is 2.21 bits per heavy atom. The molecule has 7 nitrogen and oxygen atoms in total. The summed E-state index contributed by atoms with van der Waals surface area (Å²) >= 11 is 1.76. The maximum Gasteiger partial charge on any atom is 0.407 e. The van der Waals surface area contributed by atoms with Crippen LogP contribution in [0.5, 0.6) is 0 Å². The summed E-state index contributed by atoms with van der Waals surface area (Å²) in [5.41, 5.74) is -0.484. The summed E-state index contributed by atoms with van der Waals surface area (Å²) in [7, 11) is 4.17. The van der Waals surface area contributed by atoms with E-state index in [1.807, 2.05) is 20.8 Å². The van der Waals surface area contributed by atoms with Crippen molar-refractivity contribution in [1.29, 1.82) is 0 Å². The van der Waals surface area contributed by atoms with Crippen LogP contribution in [-0.2, 0) is 4.74 Å². The maximum atomic E-state index is 12.0. The lowest BCUT2D eigenvalue weighted by Crippen LogP contribution is -2.44. The number of thiophene rings is 1. The summed E-state index contributed by atoms with van der Waals surface area (Å²) in [6.45, 7) is 10.8. The minimum atomic E-state index is -0.484. The molecule has 2 atom stereocenters. The Hall–Kier alpha value is -1.80. The Kier molecular flexibility index (Phi) is 8.12. The highest BCUT2D eigenvalue weighted by atomic mass is 32.1. The summed E-state index contributed by atoms with van der Waals surface area (Å²) in [6.07, 6.45) is 0.526. The van der Waals surface area contributed by atoms with Crippen molar-refractivity contribution in [3.8, 4) is 0 Å². The zero-order valence-corrected chi connectivity index (χ0v) is 18.8. The van der Waals surface area contributed by atoms with E-state index in [4.69, 9.17) is 9.73 Å². The number of nitrogens with zero attached hydrogens (tertiary/aromatic N) is 3. The van der Waals surface area contributed by atoms with Crippen molar-refractivity contribution in [1.82, 2.24) is 20.4 Å². The molecule has 2 unspecified atom stereocenters. The molecule has 28 heavy (non-hydrogen) atoms. The molecule has 1 aliphatic rings. The van der Waals surface area contributed by atoms with Crippen LogP contribution in [-0.4, -0.2) is 73.8 Å². The third kappa shape index (κ3) is 6.98. The van der Waals surface area contributed by atoms with Gasteiger partial charge in [0, 0.05) is 24.5 Å². The van der Waals surface area contributed by atoms with Crippen molar-refractivity contribution in [3.05, 3.63) is 22.4 Å². The minimum absolute atomic E-state index is 0.0700. The summed E-state index contributed by atoms with van der Waals surface area (Å²) in [4.78, 5) is 22.7. The van der Waals surface area contributed by atoms with Crippen LogP contribution in [0.25, 0.3) is 0 Å². The van der Waals surface area contributed by atoms with Gasteiger partial charge in [-0.3, -0.25) is 4.99 Å². The molecule has 0 spiro atoms. The molecule has 0 bridgehead atoms. The molecule has 1 aromatic heterocycles. The second-order valence-electron chi connectivity index (χ2n) is 8.27. The average molecular weight is 410 g/mol. The smallest absolute Gasteiger partial charge is 0.407 e. The van der Waals surface area contributed by atoms with E-state index in [0.717, 1.165) is 32.0 Å². The first-order valence-corrected chi connectivity index (χ1v) is 10.8. The van der Waals surface area contributed by atoms with Gasteiger partial charge in [-0.25, -0.2) is 4.79 Å². The van der Waals surface area contributed by atoms with Crippen LogP contribution in [0.15, 0.2) is 22.5 Å². The fourth-order valence-electron chi connectivity index (χ4n) is 3.13. The molecule has 2 heterocycles. The van der Waals surface area contributed by atoms with Crippen LogP contribution in [0.3, 0.4) is 0 Å². The topological polar surface area (TPSA) is 69.2 Å². The van der Waals surface area contributed by atoms with E-state index in [-0.39, 0.29) is 18.2 Å². The number of likely N-dealkylation sites (N-methyl/N-ethyl adjacent to an activating group) is 1. The van der Waals surface area contributed by atoms with Gasteiger partial charge in [-0.1, -0.05) is 6.07 Å². The SMILES string of the molecule is CCNC(=NCC(c1cccs1)N(C)C)N1CCC(NC(=O)OC(C)(C)C)C1. The Morgan fingerprint density at radius 3 is 2.79 bits per heavy atom. The van der Waals surface area contributed by atoms with Gasteiger partial charge in [0.05, 0.1) is 18.6 Å². The highest BCUT2D eigenvalue weighted by Gasteiger charge is 2.28. The largest absolute Gasteiger partial charge is 0.444 e. The van der Waals surface area contributed by atoms with Gasteiger partial charge in [0.2, 0.25) is 0 Å². The second kappa shape index (κ2) is 10.1. The molecule has 1 saturated heterocycles. The van der Waals surface area contributed by atoms with E-state index < -0.39 is 5.60 Å². The first-order chi connectivity index (χ1) is 13.2. The van der Waals surface area contributed by atoms with Crippen LogP contribution in [0, 0.1) is 0 Å². The number of aliphatic imine (C=N–C) groups is 1. The average Bonchev–Trinajstić information content (AvgIpc) is 3.24. The molecule has 0 saturated carbocycles. The highest BCUT2D eigenvalue weighted by Crippen LogP contribution is 2.23. The predicted octanol–water partition coefficient (Wildman–Crippen LogP) is 2.92. The Morgan fingerprint density at radius 1 is 1.46 bits per heavy atom. The van der Waals surface area contributed by atoms with E-state index in [0.29, 0.717) is 6.54 Å². The van der Waals surface area contributed by atoms with Gasteiger partial charge < -0.3 is 25.2 Å². The molecular weight excluding hydrogens is 374 g/mol. The van der Waals surface area contributed by atoms with Crippen LogP contribution < -0.4 is 10.6 Å². The molecule has 158 valence electrons. The third-order valence-electron chi connectivity index (χ3n) is 4.45. The van der Waals surface area contributed by atoms with Crippen molar-refractivity contribution >= 4 is 23.4 Å². The molecular formula is C20H35N5O2S. The third-order valence-corrected chi connectivity index (χ3v) is 5.43. The lowest BCUT2D eigenvalue weighted by Gasteiger charge is -2.25. The lowest BCUT2D eigenvalue weighted by atomic mass is 10.2. The van der Waals surface area contributed by atoms with E-state index in [1.54, 1.807) is 11.3 Å². The normalized spacial score (nSPS) is 19.0. The van der Waals surface area contributed by atoms with Crippen LogP contribution in [0.1, 0.15) is 45.0 Å². The maximum absolute atomic E-state index is 12.0. The Bertz CT molecular complexity index is 640. The molecule has 1 fully saturated rings. The fourth-order valence-corrected chi connectivity index (χ4v) is 4.05. The number of nitrogens with one attached hydrogen (secondary N) is 2. The first kappa shape index (κ1) is 22.5. The lowest BCUT2D eigenvalue weighted by molar-refractivity contribution is 0.0507. The van der Waals surface area contributed by atoms with Crippen molar-refractivity contribution in [2.75, 3.05) is 40.3 Å². The number of rotatable bonds is 6. The van der Waals surface area contributed by atoms with Crippen molar-refractivity contribution in [2.45, 2.75) is 51.8 Å². The van der Waals surface area contributed by atoms with Crippen molar-refractivity contribution in [3.63, 3.8) is 0 Å². The van der Waals surface area contributed by atoms with Crippen LogP contribution in [0.2, 0.25) is 0 Å². The zero-order valence-electron chi connectivity index (χ0n) is 18.0. The number of ether oxygens (including phenoxy) is 1. The number of hydrogen-bond donors (Lipinski definition) is 2. The van der Waals surface area contributed by atoms with Crippen LogP contribution in [0.4, 0.5) is 4.79 Å². The predicted molar refractivity (Wildman–Crippen MR) is 116 cm³/mol. The fraction of sp³-hybridized carbons (Fsp3) is 0.700. The number of carbonyl (C=O) groups is 1. The molecule has 2 N–H and O–H groups in total. The number of amides is 1. The molecule has 1 aromatic rings. The molecule has 0 radical (unpaired) electrons. The summed E-state index contributed by atoms with van der Waals surface area (Å²) < 4.78 is 5.37. The van der Waals surface area contributed by atoms with Gasteiger partial charge in [-0.2, -0.15) is 0 Å². The van der Waals surface area contributed by atoms with Gasteiger partial charge in [0.15, 0.2) is 5.96 Å². The standard InChI is InChI=1S/C20H35N5O2S/c1-7-21-18(22-13-16(24(5)6)17-9-8-12-28-17)25-11-10-15(14-25)23-19(26)27-20(2,3)4/h8-9,12,15-16H,7,10-11,13-14H2,1-6H3,(H,21,22)(H,23,26). The molecule has 0 aromatic carbocycles. The Balaban J connectivity index is 1.98. The van der Waals surface area contributed by atoms with Gasteiger partial charge in [0.1, 0.15) is 5.60 Å². The second-order valence-corrected chi connectivity index (χ2v) is 9.25. The monoisotopic (exact) mass is 409 g/mol. The molecule has 2 rings (SSSR count). The molecule has 1 amide bonds. The van der Waals surface area contributed by atoms with E-state index in [9.17, 15) is 4.79 Å². The van der Waals surface area contributed by atoms with E-state index in [1.165, 1.54) is 4.88 Å². The number of alkyl carbamates (subject to hydrolysis) is 1. The van der Waals surface area contributed by atoms with Gasteiger partial charge in [-0.15, -0.1) is 11.3 Å². The van der Waals surface area contributed by atoms with Gasteiger partial charge >= 0.3 is 6.09 Å². The van der Waals surface area contributed by atoms with Crippen molar-refractivity contribution < 1.29 is 9.53 Å². The van der Waals surface area contributed by atoms with Gasteiger partial charge in [-0.05, 0) is 59.7 Å². The molecule has 1 aliphatic heterocycles. The van der Waals surface area contributed by atoms with Gasteiger partial charge in [0.25, 0.3) is 0 Å². The number of likely N-dealkylation sites (tertiary alicyclic amines) is 1. The highest BCUT2D eigenvalue weighted by molar-refractivity contribution is 7.10. The summed E-state index contributed by atoms with van der Waals surface area (Å²) in [5.74, 6) is 0.902. The minimum Gasteiger partial charge on any atom is -0.444 e. The molecule has 0 aliphatic carbocycles. The summed E-state index contributed by atoms with van der Waals surface area (Å²) in [5, 5.41) is 8.47. The zero-order chi connectivity index (χ0) is 20.7. The van der Waals surface area contributed by atoms with Crippen LogP contribution >= 0.6 is 11.3 Å². The molecule has 8 heteroatoms.